The van der Waals surface area contributed by atoms with Gasteiger partial charge in [-0.3, -0.25) is 9.88 Å². The molecule has 4 aromatic rings. The van der Waals surface area contributed by atoms with Crippen molar-refractivity contribution in [1.29, 1.82) is 0 Å². The molecule has 0 saturated carbocycles. The number of aryl methyl sites for hydroxylation is 2. The molecule has 3 aromatic carbocycles. The fourth-order valence-electron chi connectivity index (χ4n) is 5.49. The van der Waals surface area contributed by atoms with Crippen molar-refractivity contribution in [1.82, 2.24) is 9.88 Å². The van der Waals surface area contributed by atoms with Crippen LogP contribution in [0, 0.1) is 13.8 Å². The van der Waals surface area contributed by atoms with E-state index in [0.717, 1.165) is 12.2 Å². The summed E-state index contributed by atoms with van der Waals surface area (Å²) in [5, 5.41) is 2.95. The molecular formula is C32H35N2P. The van der Waals surface area contributed by atoms with E-state index in [1.165, 1.54) is 52.0 Å². The van der Waals surface area contributed by atoms with Gasteiger partial charge in [-0.2, -0.15) is 0 Å². The van der Waals surface area contributed by atoms with E-state index in [4.69, 9.17) is 4.98 Å². The molecule has 1 saturated heterocycles. The minimum absolute atomic E-state index is 0.303. The van der Waals surface area contributed by atoms with Gasteiger partial charge in [-0.05, 0) is 89.1 Å². The SMILES string of the molecule is Cc1cc(C)cc(-c2cccc([C@H](C)N3CCC[C@H]3CP(c3ccccc3)c3ccccc3)n2)c1. The molecule has 0 N–H and O–H groups in total. The first-order valence-electron chi connectivity index (χ1n) is 12.8. The monoisotopic (exact) mass is 478 g/mol. The van der Waals surface area contributed by atoms with Crippen molar-refractivity contribution in [3.8, 4) is 11.3 Å². The molecule has 2 nitrogen and oxygen atoms in total. The van der Waals surface area contributed by atoms with Crippen LogP contribution in [0.3, 0.4) is 0 Å². The number of aromatic nitrogens is 1. The van der Waals surface area contributed by atoms with Gasteiger partial charge in [0.1, 0.15) is 0 Å². The molecule has 0 spiro atoms. The highest BCUT2D eigenvalue weighted by Gasteiger charge is 2.32. The van der Waals surface area contributed by atoms with Gasteiger partial charge in [0.2, 0.25) is 0 Å². The van der Waals surface area contributed by atoms with E-state index < -0.39 is 7.92 Å². The predicted molar refractivity (Wildman–Crippen MR) is 151 cm³/mol. The van der Waals surface area contributed by atoms with Crippen molar-refractivity contribution in [2.75, 3.05) is 12.7 Å². The van der Waals surface area contributed by atoms with Crippen LogP contribution in [0.1, 0.15) is 42.6 Å². The van der Waals surface area contributed by atoms with E-state index >= 15 is 0 Å². The Morgan fingerprint density at radius 2 is 1.46 bits per heavy atom. The van der Waals surface area contributed by atoms with Gasteiger partial charge in [0.25, 0.3) is 0 Å². The van der Waals surface area contributed by atoms with Crippen LogP contribution in [0.15, 0.2) is 97.1 Å². The van der Waals surface area contributed by atoms with Crippen LogP contribution in [-0.4, -0.2) is 28.6 Å². The third-order valence-electron chi connectivity index (χ3n) is 7.17. The normalized spacial score (nSPS) is 17.1. The highest BCUT2D eigenvalue weighted by Crippen LogP contribution is 2.40. The van der Waals surface area contributed by atoms with Gasteiger partial charge in [-0.25, -0.2) is 0 Å². The lowest BCUT2D eigenvalue weighted by molar-refractivity contribution is 0.203. The lowest BCUT2D eigenvalue weighted by Gasteiger charge is -2.33. The van der Waals surface area contributed by atoms with E-state index in [-0.39, 0.29) is 0 Å². The quantitative estimate of drug-likeness (QED) is 0.265. The maximum atomic E-state index is 5.16. The summed E-state index contributed by atoms with van der Waals surface area (Å²) in [4.78, 5) is 7.88. The number of pyridine rings is 1. The molecule has 0 radical (unpaired) electrons. The Morgan fingerprint density at radius 1 is 0.829 bits per heavy atom. The van der Waals surface area contributed by atoms with Crippen LogP contribution in [0.2, 0.25) is 0 Å². The van der Waals surface area contributed by atoms with Crippen molar-refractivity contribution in [2.45, 2.75) is 45.7 Å². The number of benzene rings is 3. The molecule has 0 aliphatic carbocycles. The summed E-state index contributed by atoms with van der Waals surface area (Å²) in [6, 6.07) is 36.4. The van der Waals surface area contributed by atoms with Gasteiger partial charge in [-0.15, -0.1) is 0 Å². The Balaban J connectivity index is 1.40. The predicted octanol–water partition coefficient (Wildman–Crippen LogP) is 7.02. The summed E-state index contributed by atoms with van der Waals surface area (Å²) in [5.41, 5.74) is 6.04. The van der Waals surface area contributed by atoms with Gasteiger partial charge in [0.15, 0.2) is 0 Å². The molecule has 0 amide bonds. The van der Waals surface area contributed by atoms with Gasteiger partial charge in [0, 0.05) is 17.6 Å². The van der Waals surface area contributed by atoms with Gasteiger partial charge in [0.05, 0.1) is 11.4 Å². The van der Waals surface area contributed by atoms with Crippen molar-refractivity contribution >= 4 is 18.5 Å². The van der Waals surface area contributed by atoms with E-state index in [1.54, 1.807) is 0 Å². The molecule has 1 aromatic heterocycles. The molecule has 1 aliphatic rings. The maximum Gasteiger partial charge on any atom is 0.0706 e. The molecule has 1 aliphatic heterocycles. The third kappa shape index (κ3) is 5.56. The zero-order chi connectivity index (χ0) is 24.2. The van der Waals surface area contributed by atoms with Crippen LogP contribution in [0.25, 0.3) is 11.3 Å². The van der Waals surface area contributed by atoms with Crippen LogP contribution in [0.4, 0.5) is 0 Å². The lowest BCUT2D eigenvalue weighted by atomic mass is 10.0. The Labute approximate surface area is 211 Å². The number of nitrogens with zero attached hydrogens (tertiary/aromatic N) is 2. The molecule has 35 heavy (non-hydrogen) atoms. The zero-order valence-corrected chi connectivity index (χ0v) is 22.0. The van der Waals surface area contributed by atoms with E-state index in [2.05, 4.69) is 123 Å². The summed E-state index contributed by atoms with van der Waals surface area (Å²) in [5.74, 6) is 0. The van der Waals surface area contributed by atoms with Crippen LogP contribution < -0.4 is 10.6 Å². The number of rotatable bonds is 7. The van der Waals surface area contributed by atoms with Crippen LogP contribution >= 0.6 is 7.92 Å². The summed E-state index contributed by atoms with van der Waals surface area (Å²) in [6.45, 7) is 7.82. The van der Waals surface area contributed by atoms with E-state index in [0.29, 0.717) is 12.1 Å². The maximum absolute atomic E-state index is 5.16. The number of hydrogen-bond acceptors (Lipinski definition) is 2. The van der Waals surface area contributed by atoms with Crippen LogP contribution in [0.5, 0.6) is 0 Å². The van der Waals surface area contributed by atoms with Crippen molar-refractivity contribution < 1.29 is 0 Å². The first kappa shape index (κ1) is 23.9. The molecule has 0 bridgehead atoms. The van der Waals surface area contributed by atoms with Gasteiger partial charge in [-0.1, -0.05) is 83.9 Å². The Bertz CT molecular complexity index is 1200. The second kappa shape index (κ2) is 10.9. The zero-order valence-electron chi connectivity index (χ0n) is 21.1. The Kier molecular flexibility index (Phi) is 7.42. The van der Waals surface area contributed by atoms with Crippen molar-refractivity contribution in [3.63, 3.8) is 0 Å². The summed E-state index contributed by atoms with van der Waals surface area (Å²) >= 11 is 0. The standard InChI is InChI=1S/C32H35N2P/c1-24-20-25(2)22-27(21-24)32-18-10-17-31(33-32)26(3)34-19-11-12-28(34)23-35(29-13-6-4-7-14-29)30-15-8-5-9-16-30/h4-10,13-18,20-22,26,28H,11-12,19,23H2,1-3H3/t26-,28-/m0/s1. The minimum Gasteiger partial charge on any atom is -0.292 e. The molecule has 1 fully saturated rings. The lowest BCUT2D eigenvalue weighted by Crippen LogP contribution is -2.36. The second-order valence-electron chi connectivity index (χ2n) is 9.82. The first-order valence-corrected chi connectivity index (χ1v) is 14.3. The fraction of sp³-hybridized carbons (Fsp3) is 0.281. The minimum atomic E-state index is -0.394. The fourth-order valence-corrected chi connectivity index (χ4v) is 8.09. The Morgan fingerprint density at radius 3 is 2.09 bits per heavy atom. The van der Waals surface area contributed by atoms with E-state index in [1.807, 2.05) is 0 Å². The highest BCUT2D eigenvalue weighted by molar-refractivity contribution is 7.73. The highest BCUT2D eigenvalue weighted by atomic mass is 31.1. The molecule has 5 rings (SSSR count). The molecule has 3 heteroatoms. The first-order chi connectivity index (χ1) is 17.1. The average Bonchev–Trinajstić information content (AvgIpc) is 3.35. The molecular weight excluding hydrogens is 443 g/mol. The summed E-state index contributed by atoms with van der Waals surface area (Å²) < 4.78 is 0. The third-order valence-corrected chi connectivity index (χ3v) is 9.79. The van der Waals surface area contributed by atoms with Crippen LogP contribution in [-0.2, 0) is 0 Å². The molecule has 2 atom stereocenters. The van der Waals surface area contributed by atoms with Gasteiger partial charge >= 0.3 is 0 Å². The van der Waals surface area contributed by atoms with Crippen molar-refractivity contribution in [2.24, 2.45) is 0 Å². The number of likely N-dealkylation sites (tertiary alicyclic amines) is 1. The molecule has 178 valence electrons. The van der Waals surface area contributed by atoms with Crippen molar-refractivity contribution in [3.05, 3.63) is 114 Å². The average molecular weight is 479 g/mol. The smallest absolute Gasteiger partial charge is 0.0706 e. The van der Waals surface area contributed by atoms with Gasteiger partial charge < -0.3 is 0 Å². The topological polar surface area (TPSA) is 16.1 Å². The largest absolute Gasteiger partial charge is 0.292 e. The number of hydrogen-bond donors (Lipinski definition) is 0. The summed E-state index contributed by atoms with van der Waals surface area (Å²) in [6.07, 6.45) is 3.72. The molecule has 2 heterocycles. The summed E-state index contributed by atoms with van der Waals surface area (Å²) in [7, 11) is -0.394. The Hall–Kier alpha value is -2.80. The van der Waals surface area contributed by atoms with E-state index in [9.17, 15) is 0 Å². The second-order valence-corrected chi connectivity index (χ2v) is 12.1. The molecule has 0 unspecified atom stereocenters.